The Morgan fingerprint density at radius 1 is 0.774 bits per heavy atom. The second-order valence-electron chi connectivity index (χ2n) is 6.73. The lowest BCUT2D eigenvalue weighted by atomic mass is 10.1. The van der Waals surface area contributed by atoms with Gasteiger partial charge in [0.25, 0.3) is 11.8 Å². The summed E-state index contributed by atoms with van der Waals surface area (Å²) >= 11 is 0. The smallest absolute Gasteiger partial charge is 0.493 e. The lowest BCUT2D eigenvalue weighted by molar-refractivity contribution is -0.274. The van der Waals surface area contributed by atoms with Crippen LogP contribution in [0.2, 0.25) is 0 Å². The Bertz CT molecular complexity index is 939. The molecule has 1 aliphatic heterocycles. The van der Waals surface area contributed by atoms with E-state index in [2.05, 4.69) is 4.74 Å². The third kappa shape index (κ3) is 5.39. The van der Waals surface area contributed by atoms with Gasteiger partial charge in [-0.05, 0) is 42.5 Å². The van der Waals surface area contributed by atoms with Crippen molar-refractivity contribution in [1.29, 1.82) is 0 Å². The van der Waals surface area contributed by atoms with Gasteiger partial charge in [0.15, 0.2) is 11.5 Å². The largest absolute Gasteiger partial charge is 0.573 e. The summed E-state index contributed by atoms with van der Waals surface area (Å²) in [6, 6.07) is 9.65. The van der Waals surface area contributed by atoms with Crippen molar-refractivity contribution < 1.29 is 37.0 Å². The molecular formula is C21H21F3N2O5. The van der Waals surface area contributed by atoms with E-state index in [9.17, 15) is 22.8 Å². The van der Waals surface area contributed by atoms with Gasteiger partial charge < -0.3 is 24.0 Å². The van der Waals surface area contributed by atoms with E-state index in [1.54, 1.807) is 28.0 Å². The summed E-state index contributed by atoms with van der Waals surface area (Å²) in [6.07, 6.45) is -4.79. The molecule has 0 aromatic heterocycles. The van der Waals surface area contributed by atoms with E-state index in [1.165, 1.54) is 26.4 Å². The molecule has 1 saturated heterocycles. The minimum Gasteiger partial charge on any atom is -0.493 e. The molecule has 1 aliphatic rings. The number of piperazine rings is 1. The first-order chi connectivity index (χ1) is 14.7. The number of alkyl halides is 3. The number of carbonyl (C=O) groups is 2. The fourth-order valence-corrected chi connectivity index (χ4v) is 3.25. The van der Waals surface area contributed by atoms with Crippen LogP contribution in [-0.2, 0) is 0 Å². The summed E-state index contributed by atoms with van der Waals surface area (Å²) in [7, 11) is 2.99. The van der Waals surface area contributed by atoms with Gasteiger partial charge in [0.1, 0.15) is 5.75 Å². The second kappa shape index (κ2) is 9.15. The number of methoxy groups -OCH3 is 2. The highest BCUT2D eigenvalue weighted by Gasteiger charge is 2.31. The van der Waals surface area contributed by atoms with E-state index in [0.29, 0.717) is 43.2 Å². The zero-order valence-electron chi connectivity index (χ0n) is 16.9. The molecule has 0 spiro atoms. The average molecular weight is 438 g/mol. The van der Waals surface area contributed by atoms with Crippen LogP contribution >= 0.6 is 0 Å². The molecule has 0 atom stereocenters. The number of benzene rings is 2. The van der Waals surface area contributed by atoms with E-state index < -0.39 is 12.1 Å². The molecule has 0 N–H and O–H groups in total. The van der Waals surface area contributed by atoms with Crippen LogP contribution in [0.25, 0.3) is 0 Å². The third-order valence-electron chi connectivity index (χ3n) is 4.82. The molecule has 31 heavy (non-hydrogen) atoms. The van der Waals surface area contributed by atoms with E-state index in [0.717, 1.165) is 12.1 Å². The van der Waals surface area contributed by atoms with Gasteiger partial charge in [-0.1, -0.05) is 0 Å². The fraction of sp³-hybridized carbons (Fsp3) is 0.333. The Balaban J connectivity index is 1.60. The zero-order valence-corrected chi connectivity index (χ0v) is 16.9. The molecule has 2 aromatic carbocycles. The van der Waals surface area contributed by atoms with E-state index >= 15 is 0 Å². The predicted molar refractivity (Wildman–Crippen MR) is 104 cm³/mol. The van der Waals surface area contributed by atoms with Crippen molar-refractivity contribution in [2.24, 2.45) is 0 Å². The van der Waals surface area contributed by atoms with E-state index in [-0.39, 0.29) is 17.4 Å². The van der Waals surface area contributed by atoms with Gasteiger partial charge in [-0.2, -0.15) is 0 Å². The SMILES string of the molecule is COc1ccc(C(=O)N2CCN(C(=O)c3ccc(OC(F)(F)F)cc3)CC2)cc1OC. The lowest BCUT2D eigenvalue weighted by Crippen LogP contribution is -2.50. The van der Waals surface area contributed by atoms with Crippen molar-refractivity contribution in [3.63, 3.8) is 0 Å². The molecular weight excluding hydrogens is 417 g/mol. The lowest BCUT2D eigenvalue weighted by Gasteiger charge is -2.35. The number of nitrogens with zero attached hydrogens (tertiary/aromatic N) is 2. The Morgan fingerprint density at radius 2 is 1.26 bits per heavy atom. The van der Waals surface area contributed by atoms with Crippen LogP contribution in [0.3, 0.4) is 0 Å². The highest BCUT2D eigenvalue weighted by Crippen LogP contribution is 2.28. The summed E-state index contributed by atoms with van der Waals surface area (Å²) in [4.78, 5) is 28.6. The van der Waals surface area contributed by atoms with Crippen molar-refractivity contribution in [2.75, 3.05) is 40.4 Å². The summed E-state index contributed by atoms with van der Waals surface area (Å²) < 4.78 is 51.0. The first kappa shape index (κ1) is 22.3. The van der Waals surface area contributed by atoms with Crippen molar-refractivity contribution in [2.45, 2.75) is 6.36 Å². The first-order valence-corrected chi connectivity index (χ1v) is 9.38. The van der Waals surface area contributed by atoms with Crippen LogP contribution in [0.15, 0.2) is 42.5 Å². The zero-order chi connectivity index (χ0) is 22.6. The van der Waals surface area contributed by atoms with E-state index in [1.807, 2.05) is 0 Å². The molecule has 0 unspecified atom stereocenters. The number of ether oxygens (including phenoxy) is 3. The molecule has 10 heteroatoms. The third-order valence-corrected chi connectivity index (χ3v) is 4.82. The number of halogens is 3. The normalized spacial score (nSPS) is 14.2. The summed E-state index contributed by atoms with van der Waals surface area (Å²) in [6.45, 7) is 1.26. The fourth-order valence-electron chi connectivity index (χ4n) is 3.25. The quantitative estimate of drug-likeness (QED) is 0.717. The molecule has 0 bridgehead atoms. The maximum absolute atomic E-state index is 12.8. The van der Waals surface area contributed by atoms with Crippen molar-refractivity contribution in [3.05, 3.63) is 53.6 Å². The van der Waals surface area contributed by atoms with Gasteiger partial charge in [0, 0.05) is 37.3 Å². The number of rotatable bonds is 5. The summed E-state index contributed by atoms with van der Waals surface area (Å²) in [5.74, 6) is 0.0501. The van der Waals surface area contributed by atoms with Crippen LogP contribution in [-0.4, -0.2) is 68.4 Å². The van der Waals surface area contributed by atoms with Gasteiger partial charge in [0.05, 0.1) is 14.2 Å². The van der Waals surface area contributed by atoms with Gasteiger partial charge in [0.2, 0.25) is 0 Å². The number of carbonyl (C=O) groups excluding carboxylic acids is 2. The molecule has 1 fully saturated rings. The summed E-state index contributed by atoms with van der Waals surface area (Å²) in [5, 5.41) is 0. The Hall–Kier alpha value is -3.43. The van der Waals surface area contributed by atoms with Crippen LogP contribution in [0.5, 0.6) is 17.2 Å². The maximum atomic E-state index is 12.8. The summed E-state index contributed by atoms with van der Waals surface area (Å²) in [5.41, 5.74) is 0.687. The second-order valence-corrected chi connectivity index (χ2v) is 6.73. The molecule has 7 nitrogen and oxygen atoms in total. The van der Waals surface area contributed by atoms with Gasteiger partial charge in [-0.15, -0.1) is 13.2 Å². The van der Waals surface area contributed by atoms with Crippen molar-refractivity contribution in [3.8, 4) is 17.2 Å². The van der Waals surface area contributed by atoms with Crippen molar-refractivity contribution in [1.82, 2.24) is 9.80 Å². The van der Waals surface area contributed by atoms with Crippen LogP contribution in [0.4, 0.5) is 13.2 Å². The number of hydrogen-bond donors (Lipinski definition) is 0. The van der Waals surface area contributed by atoms with Crippen LogP contribution < -0.4 is 14.2 Å². The molecule has 2 amide bonds. The van der Waals surface area contributed by atoms with Crippen LogP contribution in [0.1, 0.15) is 20.7 Å². The molecule has 0 radical (unpaired) electrons. The minimum atomic E-state index is -4.79. The molecule has 0 aliphatic carbocycles. The number of hydrogen-bond acceptors (Lipinski definition) is 5. The molecule has 2 aromatic rings. The predicted octanol–water partition coefficient (Wildman–Crippen LogP) is 3.20. The maximum Gasteiger partial charge on any atom is 0.573 e. The Labute approximate surface area is 176 Å². The Kier molecular flexibility index (Phi) is 6.57. The highest BCUT2D eigenvalue weighted by atomic mass is 19.4. The minimum absolute atomic E-state index is 0.193. The monoisotopic (exact) mass is 438 g/mol. The van der Waals surface area contributed by atoms with Crippen LogP contribution in [0, 0.1) is 0 Å². The van der Waals surface area contributed by atoms with Gasteiger partial charge in [-0.25, -0.2) is 0 Å². The molecule has 3 rings (SSSR count). The Morgan fingerprint density at radius 3 is 1.74 bits per heavy atom. The topological polar surface area (TPSA) is 68.3 Å². The highest BCUT2D eigenvalue weighted by molar-refractivity contribution is 5.96. The van der Waals surface area contributed by atoms with E-state index in [4.69, 9.17) is 9.47 Å². The number of amides is 2. The molecule has 1 heterocycles. The average Bonchev–Trinajstić information content (AvgIpc) is 2.77. The van der Waals surface area contributed by atoms with Gasteiger partial charge in [-0.3, -0.25) is 9.59 Å². The standard InChI is InChI=1S/C21H21F3N2O5/c1-29-17-8-5-15(13-18(17)30-2)20(28)26-11-9-25(10-12-26)19(27)14-3-6-16(7-4-14)31-21(22,23)24/h3-8,13H,9-12H2,1-2H3. The first-order valence-electron chi connectivity index (χ1n) is 9.38. The molecule has 0 saturated carbocycles. The van der Waals surface area contributed by atoms with Crippen molar-refractivity contribution >= 4 is 11.8 Å². The van der Waals surface area contributed by atoms with Gasteiger partial charge >= 0.3 is 6.36 Å². The molecule has 166 valence electrons.